The summed E-state index contributed by atoms with van der Waals surface area (Å²) in [6, 6.07) is 0. The third kappa shape index (κ3) is 3.05. The van der Waals surface area contributed by atoms with Crippen LogP contribution in [0.3, 0.4) is 0 Å². The van der Waals surface area contributed by atoms with Gasteiger partial charge in [-0.3, -0.25) is 0 Å². The summed E-state index contributed by atoms with van der Waals surface area (Å²) in [5.41, 5.74) is -0.317. The quantitative estimate of drug-likeness (QED) is 0.584. The molecule has 0 N–H and O–H groups in total. The highest BCUT2D eigenvalue weighted by Gasteiger charge is 2.39. The Hall–Kier alpha value is 1.11. The van der Waals surface area contributed by atoms with E-state index in [2.05, 4.69) is 0 Å². The molecule has 0 aromatic carbocycles. The van der Waals surface area contributed by atoms with Gasteiger partial charge in [0.15, 0.2) is 0 Å². The second-order valence-corrected chi connectivity index (χ2v) is 6.72. The van der Waals surface area contributed by atoms with Gasteiger partial charge in [0.2, 0.25) is 0 Å². The third-order valence-corrected chi connectivity index (χ3v) is 5.46. The van der Waals surface area contributed by atoms with E-state index in [0.29, 0.717) is 31.6 Å². The van der Waals surface area contributed by atoms with Crippen LogP contribution in [0.1, 0.15) is 6.92 Å². The third-order valence-electron chi connectivity index (χ3n) is 1.91. The Morgan fingerprint density at radius 3 is 2.21 bits per heavy atom. The molecule has 0 atom stereocenters. The Morgan fingerprint density at radius 1 is 1.36 bits per heavy atom. The molecule has 0 unspecified atom stereocenters. The van der Waals surface area contributed by atoms with Crippen LogP contribution in [0.2, 0.25) is 0 Å². The molecule has 0 aromatic rings. The van der Waals surface area contributed by atoms with Gasteiger partial charge in [-0.1, -0.05) is 0 Å². The van der Waals surface area contributed by atoms with E-state index in [-0.39, 0.29) is 5.41 Å². The molecule has 0 aliphatic carbocycles. The van der Waals surface area contributed by atoms with Gasteiger partial charge >= 0.3 is 6.72 Å². The fourth-order valence-electron chi connectivity index (χ4n) is 0.934. The highest BCUT2D eigenvalue weighted by Crippen LogP contribution is 2.55. The first kappa shape index (κ1) is 13.2. The van der Waals surface area contributed by atoms with E-state index in [0.717, 1.165) is 0 Å². The molecule has 0 aromatic heterocycles. The van der Waals surface area contributed by atoms with Crippen LogP contribution >= 0.6 is 29.9 Å². The second kappa shape index (κ2) is 5.44. The molecule has 3 nitrogen and oxygen atoms in total. The van der Waals surface area contributed by atoms with Crippen LogP contribution in [0.5, 0.6) is 0 Å². The van der Waals surface area contributed by atoms with E-state index in [1.807, 2.05) is 6.92 Å². The maximum atomic E-state index is 5.80. The van der Waals surface area contributed by atoms with Crippen molar-refractivity contribution in [2.45, 2.75) is 6.92 Å². The molecule has 0 radical (unpaired) electrons. The summed E-state index contributed by atoms with van der Waals surface area (Å²) in [6.45, 7) is 0.669. The fourth-order valence-corrected chi connectivity index (χ4v) is 3.56. The average molecular weight is 279 g/mol. The van der Waals surface area contributed by atoms with E-state index >= 15 is 0 Å². The smallest absolute Gasteiger partial charge is 0.309 e. The zero-order chi connectivity index (χ0) is 10.7. The maximum absolute atomic E-state index is 5.80. The summed E-state index contributed by atoms with van der Waals surface area (Å²) in [4.78, 5) is 0. The predicted octanol–water partition coefficient (Wildman–Crippen LogP) is 2.76. The van der Waals surface area contributed by atoms with Crippen LogP contribution in [0.4, 0.5) is 0 Å². The van der Waals surface area contributed by atoms with Crippen LogP contribution in [0, 0.1) is 5.41 Å². The van der Waals surface area contributed by atoms with E-state index in [1.165, 1.54) is 0 Å². The first-order valence-corrected chi connectivity index (χ1v) is 7.88. The second-order valence-electron chi connectivity index (χ2n) is 3.18. The lowest BCUT2D eigenvalue weighted by molar-refractivity contribution is 0.0310. The van der Waals surface area contributed by atoms with Crippen molar-refractivity contribution < 1.29 is 13.6 Å². The molecule has 0 bridgehead atoms. The van der Waals surface area contributed by atoms with Crippen molar-refractivity contribution in [2.24, 2.45) is 5.41 Å². The number of rotatable bonds is 4. The number of alkyl halides is 2. The summed E-state index contributed by atoms with van der Waals surface area (Å²) < 4.78 is 16.1. The average Bonchev–Trinajstić information content (AvgIpc) is 2.20. The van der Waals surface area contributed by atoms with Crippen LogP contribution in [-0.2, 0) is 25.4 Å². The molecule has 0 saturated carbocycles. The molecule has 0 amide bonds. The monoisotopic (exact) mass is 278 g/mol. The summed E-state index contributed by atoms with van der Waals surface area (Å²) in [7, 11) is 0. The van der Waals surface area contributed by atoms with Gasteiger partial charge in [0.25, 0.3) is 0 Å². The summed E-state index contributed by atoms with van der Waals surface area (Å²) >= 11 is 16.7. The van der Waals surface area contributed by atoms with Gasteiger partial charge in [-0.05, 0) is 18.7 Å². The van der Waals surface area contributed by atoms with Gasteiger partial charge in [-0.2, -0.15) is 0 Å². The minimum atomic E-state index is -2.50. The molecule has 1 aliphatic rings. The Kier molecular flexibility index (Phi) is 5.12. The SMILES string of the molecule is CCOP1(=S)OCC(CCl)(CCl)CO1. The van der Waals surface area contributed by atoms with Crippen molar-refractivity contribution in [3.63, 3.8) is 0 Å². The lowest BCUT2D eigenvalue weighted by Gasteiger charge is -2.37. The van der Waals surface area contributed by atoms with Gasteiger partial charge in [0.05, 0.1) is 19.8 Å². The molecular formula is C7H13Cl2O3PS. The van der Waals surface area contributed by atoms with Crippen molar-refractivity contribution in [1.82, 2.24) is 0 Å². The summed E-state index contributed by atoms with van der Waals surface area (Å²) in [6.07, 6.45) is 0. The molecule has 7 heteroatoms. The fraction of sp³-hybridized carbons (Fsp3) is 1.00. The summed E-state index contributed by atoms with van der Waals surface area (Å²) in [5.74, 6) is 0.802. The van der Waals surface area contributed by atoms with Crippen molar-refractivity contribution in [1.29, 1.82) is 0 Å². The molecule has 1 fully saturated rings. The largest absolute Gasteiger partial charge is 0.327 e. The first-order valence-electron chi connectivity index (χ1n) is 4.25. The normalized spacial score (nSPS) is 24.8. The molecule has 1 rings (SSSR count). The molecule has 1 heterocycles. The topological polar surface area (TPSA) is 27.7 Å². The standard InChI is InChI=1S/C7H13Cl2O3PS/c1-2-10-13(14)11-5-7(3-8,4-9)6-12-13/h2-6H2,1H3. The van der Waals surface area contributed by atoms with E-state index in [1.54, 1.807) is 0 Å². The predicted molar refractivity (Wildman–Crippen MR) is 61.7 cm³/mol. The molecular weight excluding hydrogens is 266 g/mol. The first-order chi connectivity index (χ1) is 6.60. The van der Waals surface area contributed by atoms with Gasteiger partial charge < -0.3 is 13.6 Å². The molecule has 14 heavy (non-hydrogen) atoms. The molecule has 0 spiro atoms. The van der Waals surface area contributed by atoms with Gasteiger partial charge in [-0.15, -0.1) is 23.2 Å². The maximum Gasteiger partial charge on any atom is 0.327 e. The van der Waals surface area contributed by atoms with Crippen molar-refractivity contribution in [2.75, 3.05) is 31.6 Å². The van der Waals surface area contributed by atoms with Crippen molar-refractivity contribution >= 4 is 41.7 Å². The van der Waals surface area contributed by atoms with Crippen molar-refractivity contribution in [3.05, 3.63) is 0 Å². The highest BCUT2D eigenvalue weighted by atomic mass is 35.5. The van der Waals surface area contributed by atoms with E-state index in [9.17, 15) is 0 Å². The minimum absolute atomic E-state index is 0.317. The minimum Gasteiger partial charge on any atom is -0.309 e. The lowest BCUT2D eigenvalue weighted by atomic mass is 9.96. The molecule has 1 saturated heterocycles. The van der Waals surface area contributed by atoms with Crippen LogP contribution < -0.4 is 0 Å². The summed E-state index contributed by atoms with van der Waals surface area (Å²) in [5, 5.41) is 0. The highest BCUT2D eigenvalue weighted by molar-refractivity contribution is 8.07. The molecule has 84 valence electrons. The van der Waals surface area contributed by atoms with E-state index in [4.69, 9.17) is 48.6 Å². The van der Waals surface area contributed by atoms with Gasteiger partial charge in [0, 0.05) is 17.2 Å². The van der Waals surface area contributed by atoms with Crippen LogP contribution in [0.15, 0.2) is 0 Å². The molecule has 1 aliphatic heterocycles. The number of hydrogen-bond acceptors (Lipinski definition) is 4. The number of hydrogen-bond donors (Lipinski definition) is 0. The van der Waals surface area contributed by atoms with Gasteiger partial charge in [0.1, 0.15) is 0 Å². The van der Waals surface area contributed by atoms with E-state index < -0.39 is 6.72 Å². The Bertz CT molecular complexity index is 221. The van der Waals surface area contributed by atoms with Crippen LogP contribution in [0.25, 0.3) is 0 Å². The van der Waals surface area contributed by atoms with Crippen LogP contribution in [-0.4, -0.2) is 31.6 Å². The van der Waals surface area contributed by atoms with Crippen molar-refractivity contribution in [3.8, 4) is 0 Å². The zero-order valence-corrected chi connectivity index (χ0v) is 11.1. The Labute approximate surface area is 99.3 Å². The number of halogens is 2. The Balaban J connectivity index is 2.56. The zero-order valence-electron chi connectivity index (χ0n) is 7.87. The van der Waals surface area contributed by atoms with Gasteiger partial charge in [-0.25, -0.2) is 0 Å². The Morgan fingerprint density at radius 2 is 1.86 bits per heavy atom. The lowest BCUT2D eigenvalue weighted by Crippen LogP contribution is -2.39.